The van der Waals surface area contributed by atoms with Gasteiger partial charge in [0.2, 0.25) is 0 Å². The third-order valence-electron chi connectivity index (χ3n) is 3.67. The van der Waals surface area contributed by atoms with Crippen LogP contribution in [0, 0.1) is 17.0 Å². The zero-order chi connectivity index (χ0) is 14.0. The molecule has 0 bridgehead atoms. The van der Waals surface area contributed by atoms with E-state index < -0.39 is 10.5 Å². The maximum atomic E-state index is 10.7. The van der Waals surface area contributed by atoms with Crippen LogP contribution in [-0.4, -0.2) is 34.9 Å². The average Bonchev–Trinajstić information content (AvgIpc) is 2.68. The van der Waals surface area contributed by atoms with Gasteiger partial charge in [-0.05, 0) is 25.5 Å². The van der Waals surface area contributed by atoms with Crippen LogP contribution in [0.3, 0.4) is 0 Å². The molecule has 1 saturated heterocycles. The van der Waals surface area contributed by atoms with Gasteiger partial charge in [-0.3, -0.25) is 10.1 Å². The van der Waals surface area contributed by atoms with Crippen molar-refractivity contribution in [1.82, 2.24) is 0 Å². The fraction of sp³-hybridized carbons (Fsp3) is 0.538. The lowest BCUT2D eigenvalue weighted by Crippen LogP contribution is -2.43. The molecule has 2 unspecified atom stereocenters. The highest BCUT2D eigenvalue weighted by atomic mass is 16.6. The number of nitro groups is 1. The molecule has 1 fully saturated rings. The summed E-state index contributed by atoms with van der Waals surface area (Å²) in [5.41, 5.74) is 0.760. The average molecular weight is 266 g/mol. The Bertz CT molecular complexity index is 492. The van der Waals surface area contributed by atoms with Gasteiger partial charge in [-0.15, -0.1) is 0 Å². The molecular weight excluding hydrogens is 248 g/mol. The molecule has 1 aliphatic rings. The van der Waals surface area contributed by atoms with E-state index in [9.17, 15) is 15.2 Å². The van der Waals surface area contributed by atoms with Crippen molar-refractivity contribution in [2.45, 2.75) is 32.0 Å². The van der Waals surface area contributed by atoms with E-state index in [0.717, 1.165) is 11.3 Å². The van der Waals surface area contributed by atoms with E-state index >= 15 is 0 Å². The van der Waals surface area contributed by atoms with E-state index in [1.54, 1.807) is 13.0 Å². The molecule has 2 atom stereocenters. The molecule has 19 heavy (non-hydrogen) atoms. The highest BCUT2D eigenvalue weighted by Gasteiger charge is 2.39. The lowest BCUT2D eigenvalue weighted by Gasteiger charge is -2.27. The van der Waals surface area contributed by atoms with Gasteiger partial charge in [0.25, 0.3) is 5.69 Å². The maximum absolute atomic E-state index is 10.7. The van der Waals surface area contributed by atoms with E-state index in [0.29, 0.717) is 19.6 Å². The Morgan fingerprint density at radius 3 is 2.89 bits per heavy atom. The van der Waals surface area contributed by atoms with Crippen molar-refractivity contribution in [3.05, 3.63) is 33.9 Å². The van der Waals surface area contributed by atoms with E-state index in [2.05, 4.69) is 5.32 Å². The molecule has 0 aliphatic carbocycles. The highest BCUT2D eigenvalue weighted by Crippen LogP contribution is 2.27. The Hall–Kier alpha value is -1.66. The molecule has 0 aromatic heterocycles. The summed E-state index contributed by atoms with van der Waals surface area (Å²) in [4.78, 5) is 10.2. The number of nitrogens with one attached hydrogen (secondary N) is 1. The van der Waals surface area contributed by atoms with E-state index in [-0.39, 0.29) is 11.8 Å². The smallest absolute Gasteiger partial charge is 0.269 e. The van der Waals surface area contributed by atoms with Crippen LogP contribution in [0.2, 0.25) is 0 Å². The van der Waals surface area contributed by atoms with Crippen molar-refractivity contribution < 1.29 is 14.8 Å². The summed E-state index contributed by atoms with van der Waals surface area (Å²) < 4.78 is 5.36. The van der Waals surface area contributed by atoms with Crippen LogP contribution in [0.5, 0.6) is 0 Å². The monoisotopic (exact) mass is 266 g/mol. The van der Waals surface area contributed by atoms with Gasteiger partial charge in [0.1, 0.15) is 5.60 Å². The van der Waals surface area contributed by atoms with Gasteiger partial charge in [-0.25, -0.2) is 0 Å². The normalized spacial score (nSPS) is 26.4. The van der Waals surface area contributed by atoms with Gasteiger partial charge in [-0.1, -0.05) is 0 Å². The molecule has 104 valence electrons. The van der Waals surface area contributed by atoms with Crippen LogP contribution in [0.4, 0.5) is 11.4 Å². The number of nitrogens with zero attached hydrogens (tertiary/aromatic N) is 1. The van der Waals surface area contributed by atoms with Crippen LogP contribution < -0.4 is 5.32 Å². The molecule has 1 aromatic carbocycles. The molecule has 1 heterocycles. The second-order valence-electron chi connectivity index (χ2n) is 4.98. The number of aliphatic hydroxyl groups is 1. The molecule has 0 saturated carbocycles. The van der Waals surface area contributed by atoms with Crippen molar-refractivity contribution in [2.75, 3.05) is 18.5 Å². The minimum absolute atomic E-state index is 0.0688. The van der Waals surface area contributed by atoms with Crippen LogP contribution in [-0.2, 0) is 4.74 Å². The summed E-state index contributed by atoms with van der Waals surface area (Å²) in [5.74, 6) is 0. The molecule has 0 amide bonds. The van der Waals surface area contributed by atoms with Gasteiger partial charge in [-0.2, -0.15) is 0 Å². The van der Waals surface area contributed by atoms with E-state index in [1.807, 2.05) is 6.92 Å². The summed E-state index contributed by atoms with van der Waals surface area (Å²) in [6.07, 6.45) is 0.381. The number of hydrogen-bond donors (Lipinski definition) is 2. The maximum Gasteiger partial charge on any atom is 0.269 e. The Morgan fingerprint density at radius 2 is 2.37 bits per heavy atom. The molecule has 1 aliphatic heterocycles. The number of nitro benzene ring substituents is 1. The highest BCUT2D eigenvalue weighted by molar-refractivity contribution is 5.55. The van der Waals surface area contributed by atoms with E-state index in [1.165, 1.54) is 12.1 Å². The molecule has 2 N–H and O–H groups in total. The predicted molar refractivity (Wildman–Crippen MR) is 71.3 cm³/mol. The van der Waals surface area contributed by atoms with Crippen molar-refractivity contribution in [2.24, 2.45) is 0 Å². The molecule has 0 spiro atoms. The Kier molecular flexibility index (Phi) is 3.73. The second kappa shape index (κ2) is 5.14. The minimum Gasteiger partial charge on any atom is -0.385 e. The summed E-state index contributed by atoms with van der Waals surface area (Å²) in [7, 11) is 0. The van der Waals surface area contributed by atoms with Crippen molar-refractivity contribution in [1.29, 1.82) is 0 Å². The quantitative estimate of drug-likeness (QED) is 0.641. The predicted octanol–water partition coefficient (Wildman–Crippen LogP) is 1.86. The summed E-state index contributed by atoms with van der Waals surface area (Å²) >= 11 is 0. The first kappa shape index (κ1) is 13.8. The van der Waals surface area contributed by atoms with Gasteiger partial charge in [0.05, 0.1) is 11.0 Å². The van der Waals surface area contributed by atoms with Crippen molar-refractivity contribution >= 4 is 11.4 Å². The van der Waals surface area contributed by atoms with Gasteiger partial charge in [0.15, 0.2) is 0 Å². The second-order valence-corrected chi connectivity index (χ2v) is 4.98. The van der Waals surface area contributed by atoms with Gasteiger partial charge >= 0.3 is 0 Å². The fourth-order valence-electron chi connectivity index (χ4n) is 2.21. The van der Waals surface area contributed by atoms with Gasteiger partial charge in [0, 0.05) is 37.4 Å². The molecule has 6 heteroatoms. The zero-order valence-corrected chi connectivity index (χ0v) is 11.0. The standard InChI is InChI=1S/C13H18N2O4/c1-9-7-11(15(17)18)3-4-12(9)14-8-13(16)5-6-19-10(13)2/h3-4,7,10,14,16H,5-6,8H2,1-2H3. The number of benzene rings is 1. The van der Waals surface area contributed by atoms with Crippen LogP contribution >= 0.6 is 0 Å². The Morgan fingerprint density at radius 1 is 1.63 bits per heavy atom. The Labute approximate surface area is 111 Å². The number of hydrogen-bond acceptors (Lipinski definition) is 5. The number of rotatable bonds is 4. The largest absolute Gasteiger partial charge is 0.385 e. The molecular formula is C13H18N2O4. The van der Waals surface area contributed by atoms with Crippen LogP contribution in [0.15, 0.2) is 18.2 Å². The number of anilines is 1. The summed E-state index contributed by atoms with van der Waals surface area (Å²) in [5, 5.41) is 24.2. The van der Waals surface area contributed by atoms with Crippen molar-refractivity contribution in [3.63, 3.8) is 0 Å². The third-order valence-corrected chi connectivity index (χ3v) is 3.67. The summed E-state index contributed by atoms with van der Waals surface area (Å²) in [6, 6.07) is 4.63. The number of aryl methyl sites for hydroxylation is 1. The first-order chi connectivity index (χ1) is 8.92. The molecule has 1 aromatic rings. The first-order valence-electron chi connectivity index (χ1n) is 6.25. The number of ether oxygens (including phenoxy) is 1. The lowest BCUT2D eigenvalue weighted by molar-refractivity contribution is -0.384. The first-order valence-corrected chi connectivity index (χ1v) is 6.25. The molecule has 6 nitrogen and oxygen atoms in total. The van der Waals surface area contributed by atoms with Crippen LogP contribution in [0.25, 0.3) is 0 Å². The topological polar surface area (TPSA) is 84.6 Å². The zero-order valence-electron chi connectivity index (χ0n) is 11.0. The Balaban J connectivity index is 2.06. The third kappa shape index (κ3) is 2.85. The lowest BCUT2D eigenvalue weighted by atomic mass is 9.96. The SMILES string of the molecule is Cc1cc([N+](=O)[O-])ccc1NCC1(O)CCOC1C. The molecule has 2 rings (SSSR count). The van der Waals surface area contributed by atoms with Crippen LogP contribution in [0.1, 0.15) is 18.9 Å². The number of non-ortho nitro benzene ring substituents is 1. The summed E-state index contributed by atoms with van der Waals surface area (Å²) in [6.45, 7) is 4.57. The molecule has 0 radical (unpaired) electrons. The minimum atomic E-state index is -0.881. The van der Waals surface area contributed by atoms with E-state index in [4.69, 9.17) is 4.74 Å². The van der Waals surface area contributed by atoms with Crippen molar-refractivity contribution in [3.8, 4) is 0 Å². The van der Waals surface area contributed by atoms with Gasteiger partial charge < -0.3 is 15.2 Å². The fourth-order valence-corrected chi connectivity index (χ4v) is 2.21.